The van der Waals surface area contributed by atoms with Crippen LogP contribution in [0.4, 0.5) is 8.78 Å². The number of aromatic nitrogens is 2. The van der Waals surface area contributed by atoms with Crippen molar-refractivity contribution in [3.05, 3.63) is 167 Å². The van der Waals surface area contributed by atoms with Crippen LogP contribution in [0.15, 0.2) is 133 Å². The van der Waals surface area contributed by atoms with Crippen LogP contribution in [-0.2, 0) is 41.9 Å². The lowest BCUT2D eigenvalue weighted by Gasteiger charge is -2.17. The topological polar surface area (TPSA) is 135 Å². The molecule has 12 nitrogen and oxygen atoms in total. The highest BCUT2D eigenvalue weighted by atomic mass is 19.1. The molecule has 4 heterocycles. The van der Waals surface area contributed by atoms with Crippen molar-refractivity contribution < 1.29 is 56.4 Å². The van der Waals surface area contributed by atoms with Gasteiger partial charge in [-0.1, -0.05) is 48.5 Å². The molecule has 0 aliphatic carbocycles. The molecule has 0 saturated carbocycles. The Labute approximate surface area is 362 Å². The molecule has 14 heteroatoms. The highest BCUT2D eigenvalue weighted by Gasteiger charge is 2.35. The van der Waals surface area contributed by atoms with Crippen molar-refractivity contribution in [2.24, 2.45) is 0 Å². The van der Waals surface area contributed by atoms with Crippen molar-refractivity contribution in [3.8, 4) is 11.1 Å². The van der Waals surface area contributed by atoms with E-state index in [1.807, 2.05) is 106 Å². The van der Waals surface area contributed by atoms with Gasteiger partial charge in [0.05, 0.1) is 43.8 Å². The van der Waals surface area contributed by atoms with Crippen LogP contribution in [0.5, 0.6) is 0 Å². The Bertz CT molecular complexity index is 3000. The minimum atomic E-state index is -1.03. The summed E-state index contributed by atoms with van der Waals surface area (Å²) in [5, 5.41) is 4.36. The van der Waals surface area contributed by atoms with Crippen LogP contribution in [0.1, 0.15) is 57.5 Å². The number of hydrogen-bond donors (Lipinski definition) is 0. The van der Waals surface area contributed by atoms with E-state index in [4.69, 9.17) is 9.68 Å². The third kappa shape index (κ3) is 6.85. The summed E-state index contributed by atoms with van der Waals surface area (Å²) in [7, 11) is 0. The molecule has 0 atom stereocenters. The molecule has 0 bridgehead atoms. The zero-order valence-electron chi connectivity index (χ0n) is 33.8. The van der Waals surface area contributed by atoms with Gasteiger partial charge in [-0.05, 0) is 60.7 Å². The largest absolute Gasteiger partial charge is 0.364 e. The van der Waals surface area contributed by atoms with Crippen LogP contribution in [0.25, 0.3) is 54.7 Å². The number of rotatable bonds is 9. The first-order valence-corrected chi connectivity index (χ1v) is 20.5. The molecular weight excluding hydrogens is 823 g/mol. The highest BCUT2D eigenvalue weighted by Crippen LogP contribution is 2.41. The highest BCUT2D eigenvalue weighted by molar-refractivity contribution is 6.18. The quantitative estimate of drug-likeness (QED) is 0.0836. The molecule has 2 aliphatic rings. The van der Waals surface area contributed by atoms with Crippen LogP contribution < -0.4 is 9.13 Å². The van der Waals surface area contributed by atoms with E-state index < -0.39 is 47.2 Å². The molecule has 2 saturated heterocycles. The maximum atomic E-state index is 16.0. The smallest absolute Gasteiger partial charge is 0.325 e. The Kier molecular flexibility index (Phi) is 9.89. The lowest BCUT2D eigenvalue weighted by molar-refractivity contribution is -0.636. The van der Waals surface area contributed by atoms with E-state index in [2.05, 4.69) is 0 Å². The van der Waals surface area contributed by atoms with Gasteiger partial charge in [0.1, 0.15) is 11.6 Å². The molecule has 0 unspecified atom stereocenters. The number of benzene rings is 6. The summed E-state index contributed by atoms with van der Waals surface area (Å²) >= 11 is 0. The summed E-state index contributed by atoms with van der Waals surface area (Å²) in [4.78, 5) is 83.8. The molecule has 4 amide bonds. The molecular formula is C50H34F2N4O8+2. The van der Waals surface area contributed by atoms with Gasteiger partial charge in [-0.15, -0.1) is 10.1 Å². The SMILES string of the molecule is O=C(ON1C(=O)CCC1=O)c1ccc(C[n+]2c3ccccc3c(-c3c4ccccc4[n+](Cc4ccc(C(=O)ON5C(=O)CCC5=O)cc4F)c4ccccc34)c3ccccc32)c(F)c1. The van der Waals surface area contributed by atoms with Crippen molar-refractivity contribution in [1.82, 2.24) is 10.1 Å². The summed E-state index contributed by atoms with van der Waals surface area (Å²) in [6.45, 7) is 0.164. The second-order valence-electron chi connectivity index (χ2n) is 15.5. The average Bonchev–Trinajstić information content (AvgIpc) is 3.80. The minimum absolute atomic E-state index is 0.0650. The third-order valence-corrected chi connectivity index (χ3v) is 11.7. The second-order valence-corrected chi connectivity index (χ2v) is 15.5. The van der Waals surface area contributed by atoms with Crippen LogP contribution in [0, 0.1) is 11.6 Å². The maximum Gasteiger partial charge on any atom is 0.364 e. The van der Waals surface area contributed by atoms with Gasteiger partial charge in [0.15, 0.2) is 13.1 Å². The fraction of sp³-hybridized carbons (Fsp3) is 0.120. The van der Waals surface area contributed by atoms with E-state index in [9.17, 15) is 28.8 Å². The van der Waals surface area contributed by atoms with Crippen LogP contribution in [-0.4, -0.2) is 45.7 Å². The zero-order valence-corrected chi connectivity index (χ0v) is 33.8. The van der Waals surface area contributed by atoms with E-state index in [1.165, 1.54) is 24.3 Å². The number of fused-ring (bicyclic) bond motifs is 4. The Morgan fingerprint density at radius 3 is 1.05 bits per heavy atom. The number of carbonyl (C=O) groups is 6. The molecule has 0 radical (unpaired) electrons. The number of carbonyl (C=O) groups excluding carboxylic acids is 6. The molecule has 2 aliphatic heterocycles. The van der Waals surface area contributed by atoms with Gasteiger partial charge < -0.3 is 9.68 Å². The Hall–Kier alpha value is -8.26. The first-order valence-electron chi connectivity index (χ1n) is 20.5. The number of hydrogen-bond acceptors (Lipinski definition) is 8. The first-order chi connectivity index (χ1) is 31.0. The van der Waals surface area contributed by atoms with Crippen molar-refractivity contribution >= 4 is 79.2 Å². The number of halogens is 2. The summed E-state index contributed by atoms with van der Waals surface area (Å²) < 4.78 is 36.0. The molecule has 6 aromatic carbocycles. The predicted molar refractivity (Wildman–Crippen MR) is 226 cm³/mol. The van der Waals surface area contributed by atoms with E-state index in [0.29, 0.717) is 10.1 Å². The van der Waals surface area contributed by atoms with Crippen LogP contribution in [0.3, 0.4) is 0 Å². The number of amides is 4. The lowest BCUT2D eigenvalue weighted by atomic mass is 9.90. The fourth-order valence-electron chi connectivity index (χ4n) is 8.64. The lowest BCUT2D eigenvalue weighted by Crippen LogP contribution is -2.37. The van der Waals surface area contributed by atoms with Crippen molar-refractivity contribution in [2.45, 2.75) is 38.8 Å². The summed E-state index contributed by atoms with van der Waals surface area (Å²) in [6, 6.07) is 39.2. The number of hydroxylamine groups is 4. The Morgan fingerprint density at radius 1 is 0.453 bits per heavy atom. The van der Waals surface area contributed by atoms with Crippen molar-refractivity contribution in [1.29, 1.82) is 0 Å². The average molecular weight is 857 g/mol. The molecule has 314 valence electrons. The van der Waals surface area contributed by atoms with Crippen molar-refractivity contribution in [3.63, 3.8) is 0 Å². The molecule has 2 fully saturated rings. The number of imide groups is 2. The zero-order chi connectivity index (χ0) is 44.2. The second kappa shape index (κ2) is 15.9. The molecule has 10 rings (SSSR count). The van der Waals surface area contributed by atoms with Gasteiger partial charge in [0.25, 0.3) is 23.6 Å². The number of nitrogens with zero attached hydrogens (tertiary/aromatic N) is 4. The molecule has 0 spiro atoms. The van der Waals surface area contributed by atoms with Gasteiger partial charge >= 0.3 is 11.9 Å². The predicted octanol–water partition coefficient (Wildman–Crippen LogP) is 7.36. The van der Waals surface area contributed by atoms with Gasteiger partial charge in [-0.2, -0.15) is 9.13 Å². The van der Waals surface area contributed by atoms with Gasteiger partial charge in [0, 0.05) is 61.1 Å². The summed E-state index contributed by atoms with van der Waals surface area (Å²) in [6.07, 6.45) is -0.260. The fourth-order valence-corrected chi connectivity index (χ4v) is 8.64. The van der Waals surface area contributed by atoms with Crippen molar-refractivity contribution in [2.75, 3.05) is 0 Å². The third-order valence-electron chi connectivity index (χ3n) is 11.7. The first kappa shape index (κ1) is 39.9. The van der Waals surface area contributed by atoms with Gasteiger partial charge in [-0.3, -0.25) is 19.2 Å². The number of para-hydroxylation sites is 4. The molecule has 8 aromatic rings. The Morgan fingerprint density at radius 2 is 0.750 bits per heavy atom. The normalized spacial score (nSPS) is 14.2. The Balaban J connectivity index is 1.06. The molecule has 0 N–H and O–H groups in total. The standard InChI is InChI=1S/C50H34F2N4O8/c51-37-25-29(49(61)63-55-43(57)21-22-44(55)58)17-19-31(37)27-53-39-13-5-1-9-33(39)47(34-10-2-6-14-40(34)53)48-35-11-3-7-15-41(35)54(42-16-8-4-12-36(42)48)28-32-20-18-30(26-38(32)52)50(62)64-56-45(59)23-24-46(56)60/h1-20,25-26H,21-24,27-28H2/q+2. The summed E-state index contributed by atoms with van der Waals surface area (Å²) in [5.74, 6) is -5.95. The van der Waals surface area contributed by atoms with E-state index in [-0.39, 0.29) is 61.0 Å². The maximum absolute atomic E-state index is 16.0. The van der Waals surface area contributed by atoms with Crippen LogP contribution in [0.2, 0.25) is 0 Å². The minimum Gasteiger partial charge on any atom is -0.325 e. The monoisotopic (exact) mass is 856 g/mol. The molecule has 64 heavy (non-hydrogen) atoms. The van der Waals surface area contributed by atoms with Gasteiger partial charge in [0.2, 0.25) is 22.1 Å². The number of pyridine rings is 2. The summed E-state index contributed by atoms with van der Waals surface area (Å²) in [5.41, 5.74) is 5.31. The van der Waals surface area contributed by atoms with Gasteiger partial charge in [-0.25, -0.2) is 18.4 Å². The van der Waals surface area contributed by atoms with E-state index >= 15 is 8.78 Å². The molecule has 2 aromatic heterocycles. The van der Waals surface area contributed by atoms with E-state index in [1.54, 1.807) is 0 Å². The van der Waals surface area contributed by atoms with E-state index in [0.717, 1.165) is 66.9 Å². The van der Waals surface area contributed by atoms with Crippen LogP contribution >= 0.6 is 0 Å².